The molecule has 1 aliphatic rings. The molecule has 1 heteroatoms. The third kappa shape index (κ3) is 1.58. The Bertz CT molecular complexity index is 357. The maximum atomic E-state index is 9.89. The third-order valence-corrected chi connectivity index (χ3v) is 4.89. The molecule has 0 radical (unpaired) electrons. The van der Waals surface area contributed by atoms with Crippen molar-refractivity contribution < 1.29 is 5.11 Å². The Hall–Kier alpha value is -0.820. The third-order valence-electron chi connectivity index (χ3n) is 4.89. The summed E-state index contributed by atoms with van der Waals surface area (Å²) in [5.41, 5.74) is 1.50. The van der Waals surface area contributed by atoms with Gasteiger partial charge in [0.15, 0.2) is 0 Å². The van der Waals surface area contributed by atoms with Crippen molar-refractivity contribution in [1.29, 1.82) is 0 Å². The van der Waals surface area contributed by atoms with E-state index in [0.29, 0.717) is 17.8 Å². The van der Waals surface area contributed by atoms with Crippen LogP contribution in [0.15, 0.2) is 30.3 Å². The Morgan fingerprint density at radius 1 is 1.19 bits per heavy atom. The monoisotopic (exact) mass is 218 g/mol. The van der Waals surface area contributed by atoms with Crippen molar-refractivity contribution in [3.63, 3.8) is 0 Å². The molecule has 1 nitrogen and oxygen atoms in total. The molecule has 1 saturated carbocycles. The fourth-order valence-corrected chi connectivity index (χ4v) is 3.39. The second kappa shape index (κ2) is 3.89. The zero-order chi connectivity index (χ0) is 11.9. The summed E-state index contributed by atoms with van der Waals surface area (Å²) in [5, 5.41) is 9.89. The largest absolute Gasteiger partial charge is 0.393 e. The maximum Gasteiger partial charge on any atom is 0.0571 e. The van der Waals surface area contributed by atoms with E-state index in [1.807, 2.05) is 6.92 Å². The van der Waals surface area contributed by atoms with E-state index in [2.05, 4.69) is 51.1 Å². The molecule has 2 rings (SSSR count). The molecular weight excluding hydrogens is 196 g/mol. The van der Waals surface area contributed by atoms with Gasteiger partial charge in [0, 0.05) is 0 Å². The van der Waals surface area contributed by atoms with Crippen LogP contribution in [-0.4, -0.2) is 11.2 Å². The van der Waals surface area contributed by atoms with E-state index in [1.165, 1.54) is 5.56 Å². The fraction of sp³-hybridized carbons (Fsp3) is 0.600. The number of benzene rings is 1. The Labute approximate surface area is 98.5 Å². The van der Waals surface area contributed by atoms with Gasteiger partial charge in [0.05, 0.1) is 6.10 Å². The lowest BCUT2D eigenvalue weighted by atomic mass is 9.89. The minimum Gasteiger partial charge on any atom is -0.393 e. The molecule has 0 amide bonds. The SMILES string of the molecule is CC(c1ccccc1)[C@@H]1[C@H](C)C1(C)[C@H](C)O. The van der Waals surface area contributed by atoms with Crippen LogP contribution in [0.5, 0.6) is 0 Å². The van der Waals surface area contributed by atoms with Gasteiger partial charge in [0.2, 0.25) is 0 Å². The highest BCUT2D eigenvalue weighted by Crippen LogP contribution is 2.65. The average molecular weight is 218 g/mol. The number of rotatable bonds is 3. The maximum absolute atomic E-state index is 9.89. The van der Waals surface area contributed by atoms with Crippen molar-refractivity contribution in [1.82, 2.24) is 0 Å². The molecule has 1 N–H and O–H groups in total. The topological polar surface area (TPSA) is 20.2 Å². The average Bonchev–Trinajstić information content (AvgIpc) is 2.84. The molecule has 88 valence electrons. The lowest BCUT2D eigenvalue weighted by Gasteiger charge is -2.19. The quantitative estimate of drug-likeness (QED) is 0.824. The smallest absolute Gasteiger partial charge is 0.0571 e. The lowest BCUT2D eigenvalue weighted by molar-refractivity contribution is 0.102. The zero-order valence-electron chi connectivity index (χ0n) is 10.6. The molecule has 1 aromatic carbocycles. The number of hydrogen-bond donors (Lipinski definition) is 1. The van der Waals surface area contributed by atoms with E-state index in [9.17, 15) is 5.11 Å². The van der Waals surface area contributed by atoms with Gasteiger partial charge in [-0.3, -0.25) is 0 Å². The molecule has 0 aliphatic heterocycles. The summed E-state index contributed by atoms with van der Waals surface area (Å²) in [6.45, 7) is 8.68. The van der Waals surface area contributed by atoms with E-state index in [0.717, 1.165) is 0 Å². The second-order valence-corrected chi connectivity index (χ2v) is 5.56. The summed E-state index contributed by atoms with van der Waals surface area (Å²) in [6, 6.07) is 10.6. The molecule has 1 fully saturated rings. The standard InChI is InChI=1S/C15H22O/c1-10(13-8-6-5-7-9-13)14-11(2)15(14,4)12(3)16/h5-12,14,16H,1-4H3/t10?,11-,12-,14+,15?/m0/s1. The Morgan fingerprint density at radius 2 is 1.75 bits per heavy atom. The van der Waals surface area contributed by atoms with E-state index in [4.69, 9.17) is 0 Å². The van der Waals surface area contributed by atoms with Crippen LogP contribution < -0.4 is 0 Å². The first-order valence-electron chi connectivity index (χ1n) is 6.22. The molecule has 2 unspecified atom stereocenters. The van der Waals surface area contributed by atoms with Gasteiger partial charge in [-0.05, 0) is 35.7 Å². The first-order chi connectivity index (χ1) is 7.49. The van der Waals surface area contributed by atoms with Crippen LogP contribution in [0.4, 0.5) is 0 Å². The van der Waals surface area contributed by atoms with Crippen molar-refractivity contribution in [2.75, 3.05) is 0 Å². The summed E-state index contributed by atoms with van der Waals surface area (Å²) in [7, 11) is 0. The minimum atomic E-state index is -0.210. The summed E-state index contributed by atoms with van der Waals surface area (Å²) >= 11 is 0. The van der Waals surface area contributed by atoms with Crippen LogP contribution in [-0.2, 0) is 0 Å². The first-order valence-corrected chi connectivity index (χ1v) is 6.22. The first kappa shape index (κ1) is 11.7. The Kier molecular flexibility index (Phi) is 2.83. The van der Waals surface area contributed by atoms with Crippen LogP contribution in [0.3, 0.4) is 0 Å². The molecule has 0 saturated heterocycles. The van der Waals surface area contributed by atoms with Gasteiger partial charge in [-0.15, -0.1) is 0 Å². The van der Waals surface area contributed by atoms with Gasteiger partial charge < -0.3 is 5.11 Å². The summed E-state index contributed by atoms with van der Waals surface area (Å²) in [5.74, 6) is 1.76. The lowest BCUT2D eigenvalue weighted by Crippen LogP contribution is -2.19. The van der Waals surface area contributed by atoms with Gasteiger partial charge in [0.1, 0.15) is 0 Å². The van der Waals surface area contributed by atoms with Gasteiger partial charge in [-0.2, -0.15) is 0 Å². The van der Waals surface area contributed by atoms with Gasteiger partial charge in [-0.1, -0.05) is 51.1 Å². The molecule has 1 aromatic rings. The van der Waals surface area contributed by atoms with Crippen LogP contribution in [0, 0.1) is 17.3 Å². The summed E-state index contributed by atoms with van der Waals surface area (Å²) in [4.78, 5) is 0. The van der Waals surface area contributed by atoms with Gasteiger partial charge in [-0.25, -0.2) is 0 Å². The van der Waals surface area contributed by atoms with Crippen molar-refractivity contribution in [3.8, 4) is 0 Å². The van der Waals surface area contributed by atoms with Crippen molar-refractivity contribution in [3.05, 3.63) is 35.9 Å². The highest BCUT2D eigenvalue weighted by Gasteiger charge is 2.62. The van der Waals surface area contributed by atoms with Crippen LogP contribution in [0.2, 0.25) is 0 Å². The Morgan fingerprint density at radius 3 is 2.19 bits per heavy atom. The highest BCUT2D eigenvalue weighted by molar-refractivity contribution is 5.25. The van der Waals surface area contributed by atoms with E-state index in [-0.39, 0.29) is 11.5 Å². The fourth-order valence-electron chi connectivity index (χ4n) is 3.39. The molecule has 0 aromatic heterocycles. The molecule has 5 atom stereocenters. The van der Waals surface area contributed by atoms with Crippen LogP contribution >= 0.6 is 0 Å². The van der Waals surface area contributed by atoms with Gasteiger partial charge in [0.25, 0.3) is 0 Å². The van der Waals surface area contributed by atoms with Crippen molar-refractivity contribution in [2.45, 2.75) is 39.7 Å². The number of aliphatic hydroxyl groups is 1. The predicted molar refractivity (Wildman–Crippen MR) is 67.3 cm³/mol. The van der Waals surface area contributed by atoms with Crippen LogP contribution in [0.1, 0.15) is 39.2 Å². The zero-order valence-corrected chi connectivity index (χ0v) is 10.6. The van der Waals surface area contributed by atoms with Gasteiger partial charge >= 0.3 is 0 Å². The number of hydrogen-bond acceptors (Lipinski definition) is 1. The molecule has 0 bridgehead atoms. The minimum absolute atomic E-state index is 0.106. The second-order valence-electron chi connectivity index (χ2n) is 5.56. The summed E-state index contributed by atoms with van der Waals surface area (Å²) in [6.07, 6.45) is -0.210. The van der Waals surface area contributed by atoms with Crippen molar-refractivity contribution in [2.24, 2.45) is 17.3 Å². The molecule has 16 heavy (non-hydrogen) atoms. The Balaban J connectivity index is 2.17. The van der Waals surface area contributed by atoms with Crippen LogP contribution in [0.25, 0.3) is 0 Å². The number of aliphatic hydroxyl groups excluding tert-OH is 1. The molecular formula is C15H22O. The van der Waals surface area contributed by atoms with E-state index >= 15 is 0 Å². The molecule has 0 spiro atoms. The summed E-state index contributed by atoms with van der Waals surface area (Å²) < 4.78 is 0. The highest BCUT2D eigenvalue weighted by atomic mass is 16.3. The van der Waals surface area contributed by atoms with E-state index in [1.54, 1.807) is 0 Å². The molecule has 0 heterocycles. The normalized spacial score (nSPS) is 36.8. The predicted octanol–water partition coefficient (Wildman–Crippen LogP) is 3.44. The van der Waals surface area contributed by atoms with E-state index < -0.39 is 0 Å². The van der Waals surface area contributed by atoms with Crippen molar-refractivity contribution >= 4 is 0 Å². The molecule has 1 aliphatic carbocycles.